The summed E-state index contributed by atoms with van der Waals surface area (Å²) in [7, 11) is -3.57. The summed E-state index contributed by atoms with van der Waals surface area (Å²) in [5.41, 5.74) is 2.77. The van der Waals surface area contributed by atoms with Gasteiger partial charge >= 0.3 is 5.97 Å². The Morgan fingerprint density at radius 2 is 1.72 bits per heavy atom. The van der Waals surface area contributed by atoms with Crippen LogP contribution in [-0.2, 0) is 27.7 Å². The molecule has 2 aromatic rings. The molecule has 0 bridgehead atoms. The van der Waals surface area contributed by atoms with E-state index in [1.165, 1.54) is 12.1 Å². The molecule has 2 aromatic carbocycles. The molecule has 1 atom stereocenters. The summed E-state index contributed by atoms with van der Waals surface area (Å²) >= 11 is 5.80. The molecule has 0 aromatic heterocycles. The lowest BCUT2D eigenvalue weighted by Crippen LogP contribution is -2.26. The highest BCUT2D eigenvalue weighted by atomic mass is 35.5. The number of nitrogens with one attached hydrogen (secondary N) is 1. The van der Waals surface area contributed by atoms with Crippen molar-refractivity contribution < 1.29 is 23.1 Å². The first-order valence-electron chi connectivity index (χ1n) is 9.36. The maximum Gasteiger partial charge on any atom is 0.303 e. The third-order valence-corrected chi connectivity index (χ3v) is 6.81. The monoisotopic (exact) mass is 435 g/mol. The third-order valence-electron chi connectivity index (χ3n) is 5.08. The minimum atomic E-state index is -3.57. The number of aliphatic carboxylic acids is 1. The van der Waals surface area contributed by atoms with E-state index < -0.39 is 16.0 Å². The van der Waals surface area contributed by atoms with Gasteiger partial charge in [0, 0.05) is 23.6 Å². The van der Waals surface area contributed by atoms with Gasteiger partial charge < -0.3 is 5.11 Å². The molecule has 8 heteroatoms. The topological polar surface area (TPSA) is 101 Å². The van der Waals surface area contributed by atoms with Crippen LogP contribution in [0, 0.1) is 5.92 Å². The number of rotatable bonds is 9. The summed E-state index contributed by atoms with van der Waals surface area (Å²) in [6, 6.07) is 11.5. The molecule has 6 nitrogen and oxygen atoms in total. The second-order valence-corrected chi connectivity index (χ2v) is 9.42. The molecule has 1 aliphatic rings. The number of halogens is 1. The molecule has 0 saturated heterocycles. The van der Waals surface area contributed by atoms with E-state index in [2.05, 4.69) is 4.72 Å². The van der Waals surface area contributed by atoms with E-state index in [1.54, 1.807) is 18.2 Å². The molecule has 3 rings (SSSR count). The first-order valence-corrected chi connectivity index (χ1v) is 11.2. The van der Waals surface area contributed by atoms with Crippen LogP contribution < -0.4 is 4.72 Å². The van der Waals surface area contributed by atoms with Crippen LogP contribution in [-0.4, -0.2) is 31.8 Å². The van der Waals surface area contributed by atoms with Crippen molar-refractivity contribution in [2.24, 2.45) is 5.92 Å². The number of benzene rings is 2. The minimum Gasteiger partial charge on any atom is -0.481 e. The predicted octanol–water partition coefficient (Wildman–Crippen LogP) is 3.47. The number of carbonyl (C=O) groups excluding carboxylic acids is 1. The quantitative estimate of drug-likeness (QED) is 0.587. The number of fused-ring (bicyclic) bond motifs is 1. The molecule has 154 valence electrons. The fourth-order valence-electron chi connectivity index (χ4n) is 3.55. The molecule has 1 aliphatic carbocycles. The Morgan fingerprint density at radius 1 is 1.03 bits per heavy atom. The van der Waals surface area contributed by atoms with Gasteiger partial charge in [-0.25, -0.2) is 13.1 Å². The normalized spacial score (nSPS) is 15.8. The molecule has 0 fully saturated rings. The summed E-state index contributed by atoms with van der Waals surface area (Å²) in [4.78, 5) is 22.9. The SMILES string of the molecule is O=C(O)CCC(=O)c1ccc2c(c1)CC(CCNS(=O)(=O)c1ccc(Cl)cc1)C2. The number of ketones is 1. The van der Waals surface area contributed by atoms with Gasteiger partial charge in [0.1, 0.15) is 0 Å². The highest BCUT2D eigenvalue weighted by Crippen LogP contribution is 2.30. The van der Waals surface area contributed by atoms with Gasteiger partial charge in [-0.3, -0.25) is 9.59 Å². The number of carbonyl (C=O) groups is 2. The molecular weight excluding hydrogens is 414 g/mol. The van der Waals surface area contributed by atoms with Crippen molar-refractivity contribution in [2.45, 2.75) is 37.0 Å². The second kappa shape index (κ2) is 9.07. The lowest BCUT2D eigenvalue weighted by molar-refractivity contribution is -0.136. The standard InChI is InChI=1S/C21H22ClNO5S/c22-18-3-5-19(6-4-18)29(27,28)23-10-9-14-11-15-1-2-16(13-17(15)12-14)20(24)7-8-21(25)26/h1-6,13-14,23H,7-12H2,(H,25,26). The summed E-state index contributed by atoms with van der Waals surface area (Å²) in [5, 5.41) is 9.20. The Hall–Kier alpha value is -2.22. The average Bonchev–Trinajstić information content (AvgIpc) is 3.08. The van der Waals surface area contributed by atoms with Crippen molar-refractivity contribution >= 4 is 33.4 Å². The zero-order valence-corrected chi connectivity index (χ0v) is 17.3. The van der Waals surface area contributed by atoms with E-state index in [-0.39, 0.29) is 23.5 Å². The average molecular weight is 436 g/mol. The van der Waals surface area contributed by atoms with Crippen molar-refractivity contribution in [3.8, 4) is 0 Å². The lowest BCUT2D eigenvalue weighted by Gasteiger charge is -2.10. The van der Waals surface area contributed by atoms with Gasteiger partial charge in [0.2, 0.25) is 10.0 Å². The van der Waals surface area contributed by atoms with Crippen LogP contribution in [0.1, 0.15) is 40.7 Å². The zero-order chi connectivity index (χ0) is 21.0. The van der Waals surface area contributed by atoms with Gasteiger partial charge in [-0.2, -0.15) is 0 Å². The van der Waals surface area contributed by atoms with E-state index in [9.17, 15) is 18.0 Å². The van der Waals surface area contributed by atoms with Gasteiger partial charge in [0.25, 0.3) is 0 Å². The van der Waals surface area contributed by atoms with E-state index in [0.29, 0.717) is 29.5 Å². The number of carboxylic acids is 1. The largest absolute Gasteiger partial charge is 0.481 e. The van der Waals surface area contributed by atoms with Crippen LogP contribution in [0.3, 0.4) is 0 Å². The molecule has 29 heavy (non-hydrogen) atoms. The van der Waals surface area contributed by atoms with Gasteiger partial charge in [-0.1, -0.05) is 23.7 Å². The predicted molar refractivity (Wildman–Crippen MR) is 110 cm³/mol. The Kier molecular flexibility index (Phi) is 6.72. The first kappa shape index (κ1) is 21.5. The number of sulfonamides is 1. The minimum absolute atomic E-state index is 0.00989. The van der Waals surface area contributed by atoms with Crippen molar-refractivity contribution in [1.29, 1.82) is 0 Å². The fourth-order valence-corrected chi connectivity index (χ4v) is 4.72. The molecule has 2 N–H and O–H groups in total. The molecule has 0 heterocycles. The van der Waals surface area contributed by atoms with Crippen LogP contribution in [0.4, 0.5) is 0 Å². The number of carboxylic acid groups (broad SMARTS) is 1. The van der Waals surface area contributed by atoms with Gasteiger partial charge in [0.15, 0.2) is 5.78 Å². The van der Waals surface area contributed by atoms with Crippen LogP contribution in [0.25, 0.3) is 0 Å². The van der Waals surface area contributed by atoms with Crippen molar-refractivity contribution in [1.82, 2.24) is 4.72 Å². The summed E-state index contributed by atoms with van der Waals surface area (Å²) in [6.45, 7) is 0.327. The highest BCUT2D eigenvalue weighted by molar-refractivity contribution is 7.89. The molecular formula is C21H22ClNO5S. The van der Waals surface area contributed by atoms with Gasteiger partial charge in [-0.15, -0.1) is 0 Å². The number of hydrogen-bond donors (Lipinski definition) is 2. The van der Waals surface area contributed by atoms with Crippen molar-refractivity contribution in [3.05, 3.63) is 64.2 Å². The Balaban J connectivity index is 1.53. The van der Waals surface area contributed by atoms with Crippen molar-refractivity contribution in [2.75, 3.05) is 6.54 Å². The zero-order valence-electron chi connectivity index (χ0n) is 15.7. The first-order chi connectivity index (χ1) is 13.7. The molecule has 0 saturated carbocycles. The van der Waals surface area contributed by atoms with Crippen LogP contribution >= 0.6 is 11.6 Å². The van der Waals surface area contributed by atoms with Crippen LogP contribution in [0.15, 0.2) is 47.4 Å². The molecule has 0 aliphatic heterocycles. The maximum atomic E-state index is 12.3. The Labute approximate surface area is 174 Å². The smallest absolute Gasteiger partial charge is 0.303 e. The van der Waals surface area contributed by atoms with Gasteiger partial charge in [0.05, 0.1) is 11.3 Å². The number of hydrogen-bond acceptors (Lipinski definition) is 4. The summed E-state index contributed by atoms with van der Waals surface area (Å²) in [6.07, 6.45) is 2.11. The second-order valence-electron chi connectivity index (χ2n) is 7.22. The van der Waals surface area contributed by atoms with Gasteiger partial charge in [-0.05, 0) is 66.6 Å². The van der Waals surface area contributed by atoms with Crippen LogP contribution in [0.2, 0.25) is 5.02 Å². The highest BCUT2D eigenvalue weighted by Gasteiger charge is 2.23. The third kappa shape index (κ3) is 5.65. The summed E-state index contributed by atoms with van der Waals surface area (Å²) < 4.78 is 27.3. The van der Waals surface area contributed by atoms with E-state index in [0.717, 1.165) is 24.0 Å². The van der Waals surface area contributed by atoms with E-state index in [4.69, 9.17) is 16.7 Å². The maximum absolute atomic E-state index is 12.3. The molecule has 1 unspecified atom stereocenters. The molecule has 0 spiro atoms. The van der Waals surface area contributed by atoms with E-state index in [1.807, 2.05) is 12.1 Å². The summed E-state index contributed by atoms with van der Waals surface area (Å²) in [5.74, 6) is -0.864. The fraction of sp³-hybridized carbons (Fsp3) is 0.333. The Bertz CT molecular complexity index is 1020. The van der Waals surface area contributed by atoms with Crippen molar-refractivity contribution in [3.63, 3.8) is 0 Å². The van der Waals surface area contributed by atoms with Crippen LogP contribution in [0.5, 0.6) is 0 Å². The molecule has 0 amide bonds. The Morgan fingerprint density at radius 3 is 2.41 bits per heavy atom. The molecule has 0 radical (unpaired) electrons. The lowest BCUT2D eigenvalue weighted by atomic mass is 10.0. The van der Waals surface area contributed by atoms with E-state index >= 15 is 0 Å². The number of Topliss-reactive ketones (excluding diaryl/α,β-unsaturated/α-hetero) is 1.